The Bertz CT molecular complexity index is 1420. The number of aliphatic imine (C=N–C) groups is 1. The second kappa shape index (κ2) is 22.4. The topological polar surface area (TPSA) is 328 Å². The van der Waals surface area contributed by atoms with E-state index < -0.39 is 72.6 Å². The summed E-state index contributed by atoms with van der Waals surface area (Å²) in [4.78, 5) is 92.8. The summed E-state index contributed by atoms with van der Waals surface area (Å²) in [6.45, 7) is 3.38. The van der Waals surface area contributed by atoms with Crippen LogP contribution in [-0.4, -0.2) is 107 Å². The molecule has 0 unspecified atom stereocenters. The normalized spacial score (nSPS) is 12.5. The first kappa shape index (κ1) is 43.7. The average Bonchev–Trinajstić information content (AvgIpc) is 3.06. The number of rotatable bonds is 23. The second-order valence-electron chi connectivity index (χ2n) is 12.2. The summed E-state index contributed by atoms with van der Waals surface area (Å²) in [5.74, 6) is -6.96. The van der Waals surface area contributed by atoms with E-state index in [9.17, 15) is 38.7 Å². The van der Waals surface area contributed by atoms with Crippen molar-refractivity contribution in [2.45, 2.75) is 83.5 Å². The van der Waals surface area contributed by atoms with Crippen molar-refractivity contribution in [2.75, 3.05) is 32.0 Å². The average molecular weight is 721 g/mol. The first-order chi connectivity index (χ1) is 24.0. The Kier molecular flexibility index (Phi) is 19.2. The van der Waals surface area contributed by atoms with Gasteiger partial charge in [0.1, 0.15) is 18.1 Å². The molecule has 1 aromatic rings. The van der Waals surface area contributed by atoms with Gasteiger partial charge in [0, 0.05) is 37.8 Å². The van der Waals surface area contributed by atoms with Gasteiger partial charge in [0.05, 0.1) is 13.0 Å². The fraction of sp³-hybridized carbons (Fsp3) is 0.562. The van der Waals surface area contributed by atoms with Crippen LogP contribution in [0.25, 0.3) is 0 Å². The third-order valence-corrected chi connectivity index (χ3v) is 7.58. The lowest BCUT2D eigenvalue weighted by molar-refractivity contribution is -0.147. The minimum Gasteiger partial charge on any atom is -0.481 e. The maximum atomic E-state index is 13.9. The molecule has 0 radical (unpaired) electrons. The Labute approximate surface area is 296 Å². The van der Waals surface area contributed by atoms with Gasteiger partial charge >= 0.3 is 11.9 Å². The van der Waals surface area contributed by atoms with E-state index in [1.54, 1.807) is 19.9 Å². The number of anilines is 1. The van der Waals surface area contributed by atoms with Crippen LogP contribution in [0.3, 0.4) is 0 Å². The molecule has 0 bridgehead atoms. The predicted molar refractivity (Wildman–Crippen MR) is 188 cm³/mol. The number of carboxylic acid groups (broad SMARTS) is 2. The van der Waals surface area contributed by atoms with E-state index in [0.29, 0.717) is 24.2 Å². The van der Waals surface area contributed by atoms with Gasteiger partial charge in [-0.1, -0.05) is 20.3 Å². The Morgan fingerprint density at radius 2 is 1.59 bits per heavy atom. The lowest BCUT2D eigenvalue weighted by Crippen LogP contribution is -2.56. The molecule has 0 aromatic heterocycles. The summed E-state index contributed by atoms with van der Waals surface area (Å²) in [5.41, 5.74) is 23.2. The quantitative estimate of drug-likeness (QED) is 0.0346. The number of nitrogens with zero attached hydrogens (tertiary/aromatic N) is 2. The van der Waals surface area contributed by atoms with Gasteiger partial charge in [-0.25, -0.2) is 4.79 Å². The maximum Gasteiger partial charge on any atom is 0.326 e. The summed E-state index contributed by atoms with van der Waals surface area (Å²) < 4.78 is 0. The van der Waals surface area contributed by atoms with E-state index in [1.807, 2.05) is 5.32 Å². The summed E-state index contributed by atoms with van der Waals surface area (Å²) >= 11 is 0. The lowest BCUT2D eigenvalue weighted by atomic mass is 9.99. The van der Waals surface area contributed by atoms with E-state index in [0.717, 1.165) is 17.7 Å². The van der Waals surface area contributed by atoms with Crippen molar-refractivity contribution in [3.05, 3.63) is 29.3 Å². The molecule has 0 fully saturated rings. The summed E-state index contributed by atoms with van der Waals surface area (Å²) in [6.07, 6.45) is 1.89. The summed E-state index contributed by atoms with van der Waals surface area (Å²) in [5, 5.41) is 27.9. The zero-order chi connectivity index (χ0) is 38.7. The third kappa shape index (κ3) is 16.3. The van der Waals surface area contributed by atoms with Crippen LogP contribution < -0.4 is 44.2 Å². The second-order valence-corrected chi connectivity index (χ2v) is 12.2. The Hall–Kier alpha value is -5.30. The number of benzene rings is 1. The monoisotopic (exact) mass is 720 g/mol. The fourth-order valence-corrected chi connectivity index (χ4v) is 4.85. The van der Waals surface area contributed by atoms with Crippen molar-refractivity contribution in [1.82, 2.24) is 20.9 Å². The number of hydrogen-bond donors (Lipinski definition) is 10. The van der Waals surface area contributed by atoms with Gasteiger partial charge < -0.3 is 59.3 Å². The largest absolute Gasteiger partial charge is 0.481 e. The van der Waals surface area contributed by atoms with Crippen LogP contribution in [0.1, 0.15) is 74.7 Å². The zero-order valence-electron chi connectivity index (χ0n) is 29.3. The Morgan fingerprint density at radius 1 is 0.902 bits per heavy atom. The molecule has 0 aliphatic rings. The third-order valence-electron chi connectivity index (χ3n) is 7.58. The zero-order valence-corrected chi connectivity index (χ0v) is 29.3. The van der Waals surface area contributed by atoms with Crippen LogP contribution >= 0.6 is 0 Å². The molecular weight excluding hydrogens is 668 g/mol. The molecule has 14 N–H and O–H groups in total. The van der Waals surface area contributed by atoms with Gasteiger partial charge in [0.2, 0.25) is 23.6 Å². The number of nitrogens with two attached hydrogens (primary N) is 4. The number of amides is 5. The van der Waals surface area contributed by atoms with Crippen molar-refractivity contribution in [1.29, 1.82) is 0 Å². The van der Waals surface area contributed by atoms with Crippen LogP contribution in [0.5, 0.6) is 0 Å². The molecule has 1 rings (SSSR count). The smallest absolute Gasteiger partial charge is 0.326 e. The standard InChI is InChI=1S/C32H52N10O9/c1-18(2)27(41-28(47)20-12-19(16-34)13-21(14-20)39-24(43)9-5-4-6-10-33)30(49)42(3)23(8-7-11-37-32(35)36)29(48)38-17-25(44)40-22(31(50)51)15-26(45)46/h12-14,18,22-23,27H,4-11,15-17,33-34H2,1-3H3,(H,38,48)(H,39,43)(H,40,44)(H,41,47)(H,45,46)(H,50,51)(H4,35,36,37)/t22-,23-,27+/m0/s1. The first-order valence-corrected chi connectivity index (χ1v) is 16.5. The molecule has 0 saturated carbocycles. The highest BCUT2D eigenvalue weighted by Crippen LogP contribution is 2.18. The predicted octanol–water partition coefficient (Wildman–Crippen LogP) is -1.60. The molecule has 51 heavy (non-hydrogen) atoms. The molecule has 3 atom stereocenters. The summed E-state index contributed by atoms with van der Waals surface area (Å²) in [7, 11) is 1.35. The van der Waals surface area contributed by atoms with Crippen LogP contribution in [-0.2, 0) is 35.3 Å². The number of likely N-dealkylation sites (N-methyl/N-ethyl adjacent to an activating group) is 1. The number of aliphatic carboxylic acids is 2. The highest BCUT2D eigenvalue weighted by Gasteiger charge is 2.34. The van der Waals surface area contributed by atoms with Gasteiger partial charge in [0.15, 0.2) is 5.96 Å². The molecule has 0 aliphatic carbocycles. The highest BCUT2D eigenvalue weighted by atomic mass is 16.4. The molecule has 19 nitrogen and oxygen atoms in total. The van der Waals surface area contributed by atoms with Crippen LogP contribution in [0.2, 0.25) is 0 Å². The van der Waals surface area contributed by atoms with Crippen molar-refractivity contribution in [2.24, 2.45) is 33.8 Å². The van der Waals surface area contributed by atoms with E-state index in [2.05, 4.69) is 20.9 Å². The molecule has 0 saturated heterocycles. The molecule has 19 heteroatoms. The number of guanidine groups is 1. The van der Waals surface area contributed by atoms with E-state index in [1.165, 1.54) is 19.2 Å². The molecule has 0 aliphatic heterocycles. The van der Waals surface area contributed by atoms with Gasteiger partial charge in [-0.2, -0.15) is 0 Å². The fourth-order valence-electron chi connectivity index (χ4n) is 4.85. The minimum absolute atomic E-state index is 0.0236. The van der Waals surface area contributed by atoms with E-state index in [4.69, 9.17) is 28.0 Å². The Balaban J connectivity index is 3.18. The van der Waals surface area contributed by atoms with E-state index >= 15 is 0 Å². The van der Waals surface area contributed by atoms with Gasteiger partial charge in [0.25, 0.3) is 5.91 Å². The van der Waals surface area contributed by atoms with Gasteiger partial charge in [-0.05, 0) is 61.9 Å². The molecule has 1 aromatic carbocycles. The first-order valence-electron chi connectivity index (χ1n) is 16.5. The molecule has 5 amide bonds. The maximum absolute atomic E-state index is 13.9. The van der Waals surface area contributed by atoms with Crippen molar-refractivity contribution >= 4 is 53.1 Å². The number of unbranched alkanes of at least 4 members (excludes halogenated alkanes) is 2. The lowest BCUT2D eigenvalue weighted by Gasteiger charge is -2.32. The SMILES string of the molecule is CC(C)[C@@H](NC(=O)c1cc(CN)cc(NC(=O)CCCCCN)c1)C(=O)N(C)[C@@H](CCCN=C(N)N)C(=O)NCC(=O)N[C@@H](CC(=O)O)C(=O)O. The van der Waals surface area contributed by atoms with Crippen LogP contribution in [0.15, 0.2) is 23.2 Å². The van der Waals surface area contributed by atoms with Gasteiger partial charge in [-0.3, -0.25) is 33.8 Å². The number of carbonyl (C=O) groups is 7. The van der Waals surface area contributed by atoms with Crippen molar-refractivity contribution < 1.29 is 43.8 Å². The molecule has 284 valence electrons. The van der Waals surface area contributed by atoms with Crippen LogP contribution in [0, 0.1) is 5.92 Å². The van der Waals surface area contributed by atoms with Crippen molar-refractivity contribution in [3.63, 3.8) is 0 Å². The summed E-state index contributed by atoms with van der Waals surface area (Å²) in [6, 6.07) is 0.592. The highest BCUT2D eigenvalue weighted by molar-refractivity contribution is 6.00. The Morgan fingerprint density at radius 3 is 2.16 bits per heavy atom. The van der Waals surface area contributed by atoms with Crippen LogP contribution in [0.4, 0.5) is 5.69 Å². The number of carboxylic acids is 2. The number of carbonyl (C=O) groups excluding carboxylic acids is 5. The van der Waals surface area contributed by atoms with Crippen molar-refractivity contribution in [3.8, 4) is 0 Å². The minimum atomic E-state index is -1.73. The number of nitrogens with one attached hydrogen (secondary N) is 4. The molecule has 0 spiro atoms. The van der Waals surface area contributed by atoms with Gasteiger partial charge in [-0.15, -0.1) is 0 Å². The molecule has 0 heterocycles. The number of hydrogen-bond acceptors (Lipinski definition) is 10. The van der Waals surface area contributed by atoms with E-state index in [-0.39, 0.29) is 49.8 Å². The molecular formula is C32H52N10O9.